The second-order valence-corrected chi connectivity index (χ2v) is 20.1. The summed E-state index contributed by atoms with van der Waals surface area (Å²) >= 11 is 0. The first-order valence-electron chi connectivity index (χ1n) is 25.6. The average molecular weight is 1000 g/mol. The van der Waals surface area contributed by atoms with Crippen LogP contribution in [0.15, 0.2) is 30.3 Å². The predicted octanol–water partition coefficient (Wildman–Crippen LogP) is 4.69. The summed E-state index contributed by atoms with van der Waals surface area (Å²) in [5.41, 5.74) is 0.896. The lowest BCUT2D eigenvalue weighted by Crippen LogP contribution is -2.54. The van der Waals surface area contributed by atoms with Crippen LogP contribution in [0.3, 0.4) is 0 Å². The number of nitrogens with zero attached hydrogens (tertiary/aromatic N) is 4. The highest BCUT2D eigenvalue weighted by Gasteiger charge is 2.44. The molecule has 3 rings (SSSR count). The number of methoxy groups -OCH3 is 2. The summed E-state index contributed by atoms with van der Waals surface area (Å²) in [7, 11) is 8.62. The van der Waals surface area contributed by atoms with E-state index >= 15 is 0 Å². The minimum absolute atomic E-state index is 0.000707. The number of benzene rings is 1. The maximum Gasteiger partial charge on any atom is 0.335 e. The second kappa shape index (κ2) is 30.4. The van der Waals surface area contributed by atoms with Crippen LogP contribution in [-0.2, 0) is 68.6 Å². The Morgan fingerprint density at radius 2 is 1.42 bits per heavy atom. The lowest BCUT2D eigenvalue weighted by molar-refractivity contribution is -0.198. The van der Waals surface area contributed by atoms with Gasteiger partial charge in [-0.15, -0.1) is 5.06 Å². The maximum absolute atomic E-state index is 14.5. The summed E-state index contributed by atoms with van der Waals surface area (Å²) < 4.78 is 23.2. The van der Waals surface area contributed by atoms with Crippen molar-refractivity contribution in [3.63, 3.8) is 0 Å². The van der Waals surface area contributed by atoms with Gasteiger partial charge in [-0.3, -0.25) is 38.5 Å². The molecule has 5 amide bonds. The second-order valence-electron chi connectivity index (χ2n) is 20.1. The van der Waals surface area contributed by atoms with Gasteiger partial charge in [-0.2, -0.15) is 0 Å². The smallest absolute Gasteiger partial charge is 0.335 e. The molecule has 0 aromatic heterocycles. The molecule has 2 saturated heterocycles. The maximum atomic E-state index is 14.5. The molecule has 0 bridgehead atoms. The van der Waals surface area contributed by atoms with Crippen molar-refractivity contribution in [3.05, 3.63) is 35.9 Å². The zero-order chi connectivity index (χ0) is 52.9. The fourth-order valence-electron chi connectivity index (χ4n) is 10.1. The zero-order valence-electron chi connectivity index (χ0n) is 44.6. The van der Waals surface area contributed by atoms with E-state index in [1.165, 1.54) is 0 Å². The first-order chi connectivity index (χ1) is 33.7. The number of ketones is 2. The molecule has 2 aliphatic heterocycles. The van der Waals surface area contributed by atoms with Gasteiger partial charge in [0.05, 0.1) is 69.6 Å². The van der Waals surface area contributed by atoms with E-state index in [1.807, 2.05) is 90.9 Å². The van der Waals surface area contributed by atoms with E-state index in [0.717, 1.165) is 12.0 Å². The molecular weight excluding hydrogens is 915 g/mol. The number of rotatable bonds is 33. The van der Waals surface area contributed by atoms with Gasteiger partial charge in [0, 0.05) is 77.8 Å². The van der Waals surface area contributed by atoms with E-state index in [0.29, 0.717) is 30.9 Å². The molecular formula is C53H85N5O13. The predicted molar refractivity (Wildman–Crippen MR) is 266 cm³/mol. The Hall–Kier alpha value is -4.62. The number of Topliss-reactive ketones (excluding diaryl/α,β-unsaturated/α-hetero) is 2. The number of likely N-dealkylation sites (N-methyl/N-ethyl adjacent to an activating group) is 2. The van der Waals surface area contributed by atoms with Gasteiger partial charge >= 0.3 is 5.97 Å². The number of likely N-dealkylation sites (tertiary alicyclic amines) is 1. The van der Waals surface area contributed by atoms with Crippen molar-refractivity contribution in [1.82, 2.24) is 25.1 Å². The van der Waals surface area contributed by atoms with Gasteiger partial charge in [0.25, 0.3) is 11.8 Å². The van der Waals surface area contributed by atoms with E-state index in [4.69, 9.17) is 23.8 Å². The highest BCUT2D eigenvalue weighted by molar-refractivity contribution is 6.01. The number of ether oxygens (including phenoxy) is 4. The van der Waals surface area contributed by atoms with Crippen LogP contribution in [0.5, 0.6) is 0 Å². The molecule has 400 valence electrons. The summed E-state index contributed by atoms with van der Waals surface area (Å²) in [6.45, 7) is 15.0. The van der Waals surface area contributed by atoms with E-state index in [2.05, 4.69) is 5.32 Å². The number of amides is 5. The average Bonchev–Trinajstić information content (AvgIpc) is 3.94. The van der Waals surface area contributed by atoms with Gasteiger partial charge in [-0.1, -0.05) is 85.2 Å². The fraction of sp³-hybridized carbons (Fsp3) is 0.736. The summed E-state index contributed by atoms with van der Waals surface area (Å²) in [6.07, 6.45) is 1.00. The normalized spacial score (nSPS) is 18.5. The Morgan fingerprint density at radius 3 is 1.99 bits per heavy atom. The molecule has 0 aliphatic carbocycles. The summed E-state index contributed by atoms with van der Waals surface area (Å²) in [4.78, 5) is 116. The number of imide groups is 1. The minimum Gasteiger partial charge on any atom is -0.379 e. The van der Waals surface area contributed by atoms with Crippen LogP contribution in [0.1, 0.15) is 112 Å². The molecule has 2 aliphatic rings. The van der Waals surface area contributed by atoms with Crippen molar-refractivity contribution in [3.8, 4) is 0 Å². The van der Waals surface area contributed by atoms with E-state index in [-0.39, 0.29) is 125 Å². The lowest BCUT2D eigenvalue weighted by atomic mass is 9.83. The van der Waals surface area contributed by atoms with Gasteiger partial charge in [0.15, 0.2) is 5.78 Å². The first-order valence-corrected chi connectivity index (χ1v) is 25.6. The van der Waals surface area contributed by atoms with Crippen LogP contribution in [0, 0.1) is 35.5 Å². The van der Waals surface area contributed by atoms with Gasteiger partial charge in [-0.25, -0.2) is 4.79 Å². The van der Waals surface area contributed by atoms with Crippen LogP contribution in [0.4, 0.5) is 0 Å². The third kappa shape index (κ3) is 18.1. The molecule has 1 N–H and O–H groups in total. The quantitative estimate of drug-likeness (QED) is 0.0750. The minimum atomic E-state index is -0.760. The van der Waals surface area contributed by atoms with Gasteiger partial charge in [-0.05, 0) is 56.7 Å². The SMILES string of the molecule is CC[C@@H](C)[C@@H]([C@@H](CC(=O)N1CCC[C@H]1[C@H](OC)[C@@H](C)C(=O)C[C@@H](Cc1ccccc1)C(=O)NCCOCCOCCC(=O)ON1C(=O)CCC1=O)OC)N(C)C(=O)[C@@H](CC(=O)[C@H](C(C)C)N(C)C)C(C)C. The van der Waals surface area contributed by atoms with E-state index in [1.54, 1.807) is 38.0 Å². The van der Waals surface area contributed by atoms with Gasteiger partial charge in [0.1, 0.15) is 5.78 Å². The Morgan fingerprint density at radius 1 is 0.789 bits per heavy atom. The molecule has 1 aromatic rings. The fourth-order valence-corrected chi connectivity index (χ4v) is 10.1. The van der Waals surface area contributed by atoms with Gasteiger partial charge in [0.2, 0.25) is 17.7 Å². The number of carbonyl (C=O) groups excluding carboxylic acids is 8. The van der Waals surface area contributed by atoms with Crippen LogP contribution in [-0.4, -0.2) is 172 Å². The summed E-state index contributed by atoms with van der Waals surface area (Å²) in [6, 6.07) is 8.28. The van der Waals surface area contributed by atoms with E-state index < -0.39 is 59.8 Å². The van der Waals surface area contributed by atoms with E-state index in [9.17, 15) is 38.4 Å². The molecule has 18 nitrogen and oxygen atoms in total. The molecule has 2 fully saturated rings. The first kappa shape index (κ1) is 60.7. The van der Waals surface area contributed by atoms with Crippen molar-refractivity contribution in [1.29, 1.82) is 0 Å². The molecule has 1 aromatic carbocycles. The lowest BCUT2D eigenvalue weighted by Gasteiger charge is -2.41. The Balaban J connectivity index is 1.64. The highest BCUT2D eigenvalue weighted by Crippen LogP contribution is 2.32. The number of hydrogen-bond acceptors (Lipinski definition) is 14. The number of carbonyl (C=O) groups is 8. The number of hydroxylamine groups is 2. The van der Waals surface area contributed by atoms with Crippen LogP contribution < -0.4 is 5.32 Å². The standard InChI is InChI=1S/C53H85N5O13/c1-13-36(6)50(56(10)53(66)40(34(2)3)32-43(60)49(35(4)5)55(8)9)44(67-11)33-47(63)57-25-17-20-41(57)51(68-12)37(7)42(59)31-39(30-38-18-15-14-16-19-38)52(65)54-24-27-70-29-28-69-26-23-48(64)71-58-45(61)21-22-46(58)62/h14-16,18-19,34-37,39-41,44,49-51H,13,17,20-33H2,1-12H3,(H,54,65)/t36-,37+,39-,40+,41+,44-,49+,50+,51-/m1/s1. The Kier molecular flexibility index (Phi) is 26.0. The van der Waals surface area contributed by atoms with Crippen LogP contribution >= 0.6 is 0 Å². The van der Waals surface area contributed by atoms with Gasteiger partial charge < -0.3 is 38.9 Å². The zero-order valence-corrected chi connectivity index (χ0v) is 44.6. The topological polar surface area (TPSA) is 208 Å². The van der Waals surface area contributed by atoms with Crippen molar-refractivity contribution in [2.45, 2.75) is 143 Å². The number of nitrogens with one attached hydrogen (secondary N) is 1. The Labute approximate surface area is 422 Å². The van der Waals surface area contributed by atoms with Crippen LogP contribution in [0.25, 0.3) is 0 Å². The highest BCUT2D eigenvalue weighted by atomic mass is 16.7. The molecule has 18 heteroatoms. The molecule has 9 atom stereocenters. The Bertz CT molecular complexity index is 1870. The molecule has 71 heavy (non-hydrogen) atoms. The van der Waals surface area contributed by atoms with Crippen molar-refractivity contribution < 1.29 is 62.1 Å². The van der Waals surface area contributed by atoms with Crippen molar-refractivity contribution in [2.75, 3.05) is 74.9 Å². The number of hydrogen-bond donors (Lipinski definition) is 1. The van der Waals surface area contributed by atoms with Crippen molar-refractivity contribution >= 4 is 47.1 Å². The third-order valence-corrected chi connectivity index (χ3v) is 14.1. The third-order valence-electron chi connectivity index (χ3n) is 14.1. The molecule has 0 spiro atoms. The monoisotopic (exact) mass is 1000 g/mol. The largest absolute Gasteiger partial charge is 0.379 e. The summed E-state index contributed by atoms with van der Waals surface area (Å²) in [5.74, 6) is -4.59. The molecule has 2 heterocycles. The molecule has 0 unspecified atom stereocenters. The molecule has 0 radical (unpaired) electrons. The summed E-state index contributed by atoms with van der Waals surface area (Å²) in [5, 5.41) is 3.39. The van der Waals surface area contributed by atoms with Crippen LogP contribution in [0.2, 0.25) is 0 Å². The van der Waals surface area contributed by atoms with Crippen molar-refractivity contribution in [2.24, 2.45) is 35.5 Å². The molecule has 0 saturated carbocycles.